The number of benzene rings is 6. The van der Waals surface area contributed by atoms with Gasteiger partial charge in [0.25, 0.3) is 0 Å². The van der Waals surface area contributed by atoms with Gasteiger partial charge in [-0.05, 0) is 24.3 Å². The molecule has 0 heterocycles. The predicted octanol–water partition coefficient (Wildman–Crippen LogP) is 5.67. The summed E-state index contributed by atoms with van der Waals surface area (Å²) in [5.41, 5.74) is 0. The monoisotopic (exact) mass is 566 g/mol. The van der Waals surface area contributed by atoms with Crippen LogP contribution in [0.5, 0.6) is 11.5 Å². The zero-order valence-electron chi connectivity index (χ0n) is 22.5. The van der Waals surface area contributed by atoms with Gasteiger partial charge in [-0.3, -0.25) is 0 Å². The van der Waals surface area contributed by atoms with Crippen LogP contribution in [0.15, 0.2) is 182 Å². The molecule has 0 saturated carbocycles. The predicted molar refractivity (Wildman–Crippen MR) is 171 cm³/mol. The molecular formula is C36H30O3Si2. The van der Waals surface area contributed by atoms with E-state index in [4.69, 9.17) is 13.0 Å². The van der Waals surface area contributed by atoms with Crippen molar-refractivity contribution in [1.82, 2.24) is 0 Å². The molecular weight excluding hydrogens is 537 g/mol. The maximum Gasteiger partial charge on any atom is 0.461 e. The lowest BCUT2D eigenvalue weighted by atomic mass is 10.3. The molecule has 0 unspecified atom stereocenters. The number of hydrogen-bond donors (Lipinski definition) is 0. The second-order valence-corrected chi connectivity index (χ2v) is 15.6. The van der Waals surface area contributed by atoms with E-state index in [0.717, 1.165) is 32.2 Å². The minimum Gasteiger partial charge on any atom is -0.514 e. The molecule has 41 heavy (non-hydrogen) atoms. The minimum atomic E-state index is -3.51. The largest absolute Gasteiger partial charge is 0.514 e. The lowest BCUT2D eigenvalue weighted by molar-refractivity contribution is 0.358. The lowest BCUT2D eigenvalue weighted by Gasteiger charge is -2.41. The van der Waals surface area contributed by atoms with Crippen molar-refractivity contribution in [2.45, 2.75) is 0 Å². The molecule has 5 heteroatoms. The van der Waals surface area contributed by atoms with Crippen LogP contribution in [0.3, 0.4) is 0 Å². The number of hydrogen-bond acceptors (Lipinski definition) is 3. The van der Waals surface area contributed by atoms with Gasteiger partial charge in [0.1, 0.15) is 11.5 Å². The summed E-state index contributed by atoms with van der Waals surface area (Å²) in [5, 5.41) is 3.98. The Morgan fingerprint density at radius 2 is 0.488 bits per heavy atom. The third-order valence-electron chi connectivity index (χ3n) is 6.91. The van der Waals surface area contributed by atoms with E-state index in [1.807, 2.05) is 133 Å². The second-order valence-electron chi connectivity index (χ2n) is 9.63. The maximum atomic E-state index is 7.81. The van der Waals surface area contributed by atoms with Gasteiger partial charge in [-0.15, -0.1) is 0 Å². The smallest absolute Gasteiger partial charge is 0.461 e. The van der Waals surface area contributed by atoms with Crippen LogP contribution in [0, 0.1) is 0 Å². The Labute approximate surface area is 243 Å². The Balaban J connectivity index is 1.66. The fourth-order valence-corrected chi connectivity index (χ4v) is 13.4. The summed E-state index contributed by atoms with van der Waals surface area (Å²) in [6.07, 6.45) is 0. The molecule has 0 atom stereocenters. The molecule has 0 radical (unpaired) electrons. The molecule has 6 aromatic rings. The van der Waals surface area contributed by atoms with E-state index < -0.39 is 17.1 Å². The second kappa shape index (κ2) is 12.2. The molecule has 0 amide bonds. The molecule has 200 valence electrons. The highest BCUT2D eigenvalue weighted by atomic mass is 28.5. The molecule has 3 nitrogen and oxygen atoms in total. The minimum absolute atomic E-state index is 0.746. The Bertz CT molecular complexity index is 1430. The fourth-order valence-electron chi connectivity index (χ4n) is 4.99. The van der Waals surface area contributed by atoms with Crippen molar-refractivity contribution in [3.8, 4) is 11.5 Å². The standard InChI is InChI=1S/C36H30O3Si2/c1-7-19-31(20-8-1)37-40(33-23-11-3-12-24-33,34-25-13-4-14-26-34)39-41(35-27-15-5-16-28-35,36-29-17-6-18-30-36)38-32-21-9-2-10-22-32/h1-30H. The Morgan fingerprint density at radius 1 is 0.268 bits per heavy atom. The van der Waals surface area contributed by atoms with Crippen molar-refractivity contribution in [2.75, 3.05) is 0 Å². The van der Waals surface area contributed by atoms with E-state index in [1.165, 1.54) is 0 Å². The van der Waals surface area contributed by atoms with Gasteiger partial charge < -0.3 is 13.0 Å². The topological polar surface area (TPSA) is 27.7 Å². The zero-order chi connectivity index (χ0) is 27.8. The summed E-state index contributed by atoms with van der Waals surface area (Å²) in [6.45, 7) is 0. The van der Waals surface area contributed by atoms with E-state index in [2.05, 4.69) is 48.5 Å². The quantitative estimate of drug-likeness (QED) is 0.200. The van der Waals surface area contributed by atoms with Gasteiger partial charge in [-0.1, -0.05) is 158 Å². The van der Waals surface area contributed by atoms with Gasteiger partial charge in [0, 0.05) is 20.7 Å². The van der Waals surface area contributed by atoms with E-state index >= 15 is 0 Å². The van der Waals surface area contributed by atoms with Gasteiger partial charge in [0.2, 0.25) is 0 Å². The molecule has 0 aliphatic rings. The van der Waals surface area contributed by atoms with E-state index in [-0.39, 0.29) is 0 Å². The normalized spacial score (nSPS) is 11.5. The number of para-hydroxylation sites is 2. The molecule has 0 fully saturated rings. The van der Waals surface area contributed by atoms with Crippen molar-refractivity contribution in [3.63, 3.8) is 0 Å². The Kier molecular flexibility index (Phi) is 7.91. The highest BCUT2D eigenvalue weighted by Gasteiger charge is 2.57. The summed E-state index contributed by atoms with van der Waals surface area (Å²) in [7, 11) is -7.01. The first-order valence-corrected chi connectivity index (χ1v) is 17.3. The zero-order valence-corrected chi connectivity index (χ0v) is 24.5. The summed E-state index contributed by atoms with van der Waals surface area (Å²) in [5.74, 6) is 1.49. The average Bonchev–Trinajstić information content (AvgIpc) is 3.06. The first-order valence-electron chi connectivity index (χ1n) is 13.7. The van der Waals surface area contributed by atoms with Crippen LogP contribution in [0.2, 0.25) is 0 Å². The molecule has 0 saturated heterocycles. The van der Waals surface area contributed by atoms with Crippen molar-refractivity contribution in [3.05, 3.63) is 182 Å². The van der Waals surface area contributed by atoms with Crippen LogP contribution >= 0.6 is 0 Å². The molecule has 6 rings (SSSR count). The fraction of sp³-hybridized carbons (Fsp3) is 0. The summed E-state index contributed by atoms with van der Waals surface area (Å²) >= 11 is 0. The van der Waals surface area contributed by atoms with E-state index in [1.54, 1.807) is 0 Å². The lowest BCUT2D eigenvalue weighted by Crippen LogP contribution is -2.77. The molecule has 0 aliphatic carbocycles. The van der Waals surface area contributed by atoms with Crippen molar-refractivity contribution >= 4 is 37.9 Å². The van der Waals surface area contributed by atoms with Crippen molar-refractivity contribution < 1.29 is 13.0 Å². The van der Waals surface area contributed by atoms with Crippen LogP contribution in [0.4, 0.5) is 0 Å². The third-order valence-corrected chi connectivity index (χ3v) is 14.6. The maximum absolute atomic E-state index is 7.81. The molecule has 0 aliphatic heterocycles. The molecule has 0 bridgehead atoms. The highest BCUT2D eigenvalue weighted by Crippen LogP contribution is 2.25. The molecule has 0 aromatic heterocycles. The summed E-state index contributed by atoms with van der Waals surface area (Å²) in [6, 6.07) is 61.3. The highest BCUT2D eigenvalue weighted by molar-refractivity contribution is 7.04. The van der Waals surface area contributed by atoms with Crippen molar-refractivity contribution in [2.24, 2.45) is 0 Å². The van der Waals surface area contributed by atoms with Crippen LogP contribution < -0.4 is 29.6 Å². The number of rotatable bonds is 10. The SMILES string of the molecule is c1ccc(O[Si](O[Si](Oc2ccccc2)(c2ccccc2)c2ccccc2)(c2ccccc2)c2ccccc2)cc1. The van der Waals surface area contributed by atoms with Gasteiger partial charge >= 0.3 is 17.1 Å². The average molecular weight is 567 g/mol. The third kappa shape index (κ3) is 5.65. The first-order chi connectivity index (χ1) is 20.3. The van der Waals surface area contributed by atoms with Gasteiger partial charge in [-0.25, -0.2) is 0 Å². The molecule has 6 aromatic carbocycles. The van der Waals surface area contributed by atoms with Crippen LogP contribution in [-0.4, -0.2) is 17.1 Å². The first kappa shape index (κ1) is 26.5. The molecule has 0 N–H and O–H groups in total. The van der Waals surface area contributed by atoms with E-state index in [9.17, 15) is 0 Å². The molecule has 0 spiro atoms. The van der Waals surface area contributed by atoms with Crippen LogP contribution in [0.1, 0.15) is 0 Å². The van der Waals surface area contributed by atoms with Gasteiger partial charge in [0.05, 0.1) is 0 Å². The Morgan fingerprint density at radius 3 is 0.732 bits per heavy atom. The van der Waals surface area contributed by atoms with Crippen LogP contribution in [-0.2, 0) is 4.12 Å². The van der Waals surface area contributed by atoms with Crippen LogP contribution in [0.25, 0.3) is 0 Å². The van der Waals surface area contributed by atoms with Gasteiger partial charge in [-0.2, -0.15) is 0 Å². The Hall–Kier alpha value is -4.69. The van der Waals surface area contributed by atoms with E-state index in [0.29, 0.717) is 0 Å². The summed E-state index contributed by atoms with van der Waals surface area (Å²) in [4.78, 5) is 0. The van der Waals surface area contributed by atoms with Gasteiger partial charge in [0.15, 0.2) is 0 Å². The van der Waals surface area contributed by atoms with Crippen molar-refractivity contribution in [1.29, 1.82) is 0 Å². The summed E-state index contributed by atoms with van der Waals surface area (Å²) < 4.78 is 22.2.